The lowest BCUT2D eigenvalue weighted by Crippen LogP contribution is -2.57. The third-order valence-corrected chi connectivity index (χ3v) is 4.59. The molecule has 1 fully saturated rings. The Kier molecular flexibility index (Phi) is 4.08. The van der Waals surface area contributed by atoms with Crippen molar-refractivity contribution in [3.63, 3.8) is 0 Å². The molecule has 1 aromatic carbocycles. The summed E-state index contributed by atoms with van der Waals surface area (Å²) in [5, 5.41) is 7.91. The van der Waals surface area contributed by atoms with Gasteiger partial charge in [-0.15, -0.1) is 0 Å². The number of nitrogens with one attached hydrogen (secondary N) is 1. The number of H-pyrrole nitrogens is 1. The van der Waals surface area contributed by atoms with Crippen molar-refractivity contribution < 1.29 is 9.59 Å². The summed E-state index contributed by atoms with van der Waals surface area (Å²) in [6, 6.07) is 5.65. The maximum atomic E-state index is 12.7. The summed E-state index contributed by atoms with van der Waals surface area (Å²) in [5.74, 6) is -0.218. The number of rotatable bonds is 3. The fourth-order valence-corrected chi connectivity index (χ4v) is 3.21. The number of piperazine rings is 1. The largest absolute Gasteiger partial charge is 0.329 e. The Balaban J connectivity index is 1.50. The first-order chi connectivity index (χ1) is 12.6. The van der Waals surface area contributed by atoms with Crippen LogP contribution in [0.2, 0.25) is 0 Å². The van der Waals surface area contributed by atoms with E-state index >= 15 is 0 Å². The van der Waals surface area contributed by atoms with E-state index in [0.717, 1.165) is 16.6 Å². The zero-order valence-electron chi connectivity index (χ0n) is 14.3. The normalized spacial score (nSPS) is 17.7. The molecule has 26 heavy (non-hydrogen) atoms. The van der Waals surface area contributed by atoms with Gasteiger partial charge in [-0.25, -0.2) is 0 Å². The number of aromatic nitrogens is 4. The molecule has 132 valence electrons. The molecule has 0 unspecified atom stereocenters. The molecule has 4 rings (SSSR count). The van der Waals surface area contributed by atoms with Gasteiger partial charge in [-0.05, 0) is 25.1 Å². The zero-order valence-corrected chi connectivity index (χ0v) is 14.3. The minimum atomic E-state index is -0.116. The molecule has 0 bridgehead atoms. The van der Waals surface area contributed by atoms with Crippen LogP contribution in [0.1, 0.15) is 12.6 Å². The number of carbonyl (C=O) groups excluding carboxylic acids is 2. The molecule has 1 atom stereocenters. The van der Waals surface area contributed by atoms with Gasteiger partial charge in [0.05, 0.1) is 23.8 Å². The Labute approximate surface area is 149 Å². The second kappa shape index (κ2) is 6.55. The number of hydrogen-bond acceptors (Lipinski definition) is 5. The Morgan fingerprint density at radius 1 is 1.31 bits per heavy atom. The molecule has 1 aliphatic rings. The zero-order chi connectivity index (χ0) is 18.1. The minimum absolute atomic E-state index is 0.0568. The Morgan fingerprint density at radius 3 is 3.00 bits per heavy atom. The molecule has 8 nitrogen and oxygen atoms in total. The summed E-state index contributed by atoms with van der Waals surface area (Å²) in [6.07, 6.45) is 6.58. The van der Waals surface area contributed by atoms with Crippen molar-refractivity contribution in [1.82, 2.24) is 25.1 Å². The van der Waals surface area contributed by atoms with Gasteiger partial charge >= 0.3 is 0 Å². The average molecular weight is 350 g/mol. The van der Waals surface area contributed by atoms with Crippen LogP contribution in [0.15, 0.2) is 43.0 Å². The first kappa shape index (κ1) is 16.2. The number of aromatic amines is 1. The van der Waals surface area contributed by atoms with E-state index in [2.05, 4.69) is 20.2 Å². The quantitative estimate of drug-likeness (QED) is 0.765. The van der Waals surface area contributed by atoms with Crippen LogP contribution in [0.4, 0.5) is 5.69 Å². The first-order valence-electron chi connectivity index (χ1n) is 8.39. The van der Waals surface area contributed by atoms with E-state index < -0.39 is 0 Å². The predicted molar refractivity (Wildman–Crippen MR) is 95.4 cm³/mol. The summed E-state index contributed by atoms with van der Waals surface area (Å²) in [4.78, 5) is 36.7. The van der Waals surface area contributed by atoms with E-state index in [4.69, 9.17) is 0 Å². The summed E-state index contributed by atoms with van der Waals surface area (Å²) < 4.78 is 0. The minimum Gasteiger partial charge on any atom is -0.329 e. The van der Waals surface area contributed by atoms with Crippen LogP contribution < -0.4 is 4.90 Å². The van der Waals surface area contributed by atoms with Gasteiger partial charge in [0, 0.05) is 42.3 Å². The molecule has 3 aromatic rings. The summed E-state index contributed by atoms with van der Waals surface area (Å²) in [6.45, 7) is 2.45. The van der Waals surface area contributed by atoms with Crippen molar-refractivity contribution in [1.29, 1.82) is 0 Å². The standard InChI is InChI=1S/C18H18N6O2/c1-12-10-24(15-3-2-13-8-21-22-16(13)7-15)18(26)11-23(12)17(25)6-14-9-19-4-5-20-14/h2-5,7-9,12H,6,10-11H2,1H3,(H,21,22)/t12-/m1/s1. The van der Waals surface area contributed by atoms with E-state index in [1.165, 1.54) is 0 Å². The number of hydrogen-bond donors (Lipinski definition) is 1. The Hall–Kier alpha value is -3.29. The molecule has 0 spiro atoms. The van der Waals surface area contributed by atoms with Crippen LogP contribution in [0.3, 0.4) is 0 Å². The highest BCUT2D eigenvalue weighted by atomic mass is 16.2. The number of nitrogens with zero attached hydrogens (tertiary/aromatic N) is 5. The van der Waals surface area contributed by atoms with Gasteiger partial charge in [0.1, 0.15) is 6.54 Å². The summed E-state index contributed by atoms with van der Waals surface area (Å²) in [5.41, 5.74) is 2.29. The van der Waals surface area contributed by atoms with Gasteiger partial charge in [0.2, 0.25) is 11.8 Å². The Bertz CT molecular complexity index is 954. The number of amides is 2. The molecule has 8 heteroatoms. The van der Waals surface area contributed by atoms with Gasteiger partial charge in [-0.2, -0.15) is 5.10 Å². The lowest BCUT2D eigenvalue weighted by atomic mass is 10.1. The highest BCUT2D eigenvalue weighted by Crippen LogP contribution is 2.24. The van der Waals surface area contributed by atoms with Crippen molar-refractivity contribution in [2.45, 2.75) is 19.4 Å². The molecule has 3 heterocycles. The van der Waals surface area contributed by atoms with E-state index in [-0.39, 0.29) is 30.8 Å². The van der Waals surface area contributed by atoms with Crippen LogP contribution in [-0.4, -0.2) is 56.0 Å². The van der Waals surface area contributed by atoms with E-state index in [1.54, 1.807) is 34.6 Å². The van der Waals surface area contributed by atoms with Crippen molar-refractivity contribution in [2.24, 2.45) is 0 Å². The number of fused-ring (bicyclic) bond motifs is 1. The highest BCUT2D eigenvalue weighted by molar-refractivity contribution is 5.99. The molecule has 1 aliphatic heterocycles. The smallest absolute Gasteiger partial charge is 0.246 e. The van der Waals surface area contributed by atoms with Crippen molar-refractivity contribution in [3.05, 3.63) is 48.7 Å². The van der Waals surface area contributed by atoms with Gasteiger partial charge in [0.15, 0.2) is 0 Å². The molecular weight excluding hydrogens is 332 g/mol. The third-order valence-electron chi connectivity index (χ3n) is 4.59. The number of benzene rings is 1. The van der Waals surface area contributed by atoms with Gasteiger partial charge in [-0.1, -0.05) is 0 Å². The topological polar surface area (TPSA) is 95.1 Å². The molecular formula is C18H18N6O2. The van der Waals surface area contributed by atoms with E-state index in [0.29, 0.717) is 12.2 Å². The second-order valence-electron chi connectivity index (χ2n) is 6.39. The van der Waals surface area contributed by atoms with Gasteiger partial charge in [-0.3, -0.25) is 24.7 Å². The maximum absolute atomic E-state index is 12.7. The Morgan fingerprint density at radius 2 is 2.19 bits per heavy atom. The molecule has 0 radical (unpaired) electrons. The molecule has 1 saturated heterocycles. The SMILES string of the molecule is C[C@@H]1CN(c2ccc3cn[nH]c3c2)C(=O)CN1C(=O)Cc1cnccn1. The van der Waals surface area contributed by atoms with E-state index in [1.807, 2.05) is 25.1 Å². The van der Waals surface area contributed by atoms with Crippen LogP contribution in [0.25, 0.3) is 10.9 Å². The van der Waals surface area contributed by atoms with Crippen LogP contribution in [-0.2, 0) is 16.0 Å². The number of carbonyl (C=O) groups is 2. The van der Waals surface area contributed by atoms with Crippen LogP contribution in [0.5, 0.6) is 0 Å². The fraction of sp³-hybridized carbons (Fsp3) is 0.278. The van der Waals surface area contributed by atoms with Gasteiger partial charge < -0.3 is 9.80 Å². The monoisotopic (exact) mass is 350 g/mol. The van der Waals surface area contributed by atoms with E-state index in [9.17, 15) is 9.59 Å². The fourth-order valence-electron chi connectivity index (χ4n) is 3.21. The third kappa shape index (κ3) is 3.01. The summed E-state index contributed by atoms with van der Waals surface area (Å²) >= 11 is 0. The lowest BCUT2D eigenvalue weighted by molar-refractivity contribution is -0.138. The molecule has 0 aliphatic carbocycles. The molecule has 0 saturated carbocycles. The summed E-state index contributed by atoms with van der Waals surface area (Å²) in [7, 11) is 0. The highest BCUT2D eigenvalue weighted by Gasteiger charge is 2.33. The first-order valence-corrected chi connectivity index (χ1v) is 8.39. The molecule has 2 aromatic heterocycles. The predicted octanol–water partition coefficient (Wildman–Crippen LogP) is 1.16. The van der Waals surface area contributed by atoms with Crippen LogP contribution in [0, 0.1) is 0 Å². The number of anilines is 1. The maximum Gasteiger partial charge on any atom is 0.246 e. The van der Waals surface area contributed by atoms with Crippen molar-refractivity contribution in [3.8, 4) is 0 Å². The molecule has 2 amide bonds. The van der Waals surface area contributed by atoms with Crippen LogP contribution >= 0.6 is 0 Å². The second-order valence-corrected chi connectivity index (χ2v) is 6.39. The van der Waals surface area contributed by atoms with Gasteiger partial charge in [0.25, 0.3) is 0 Å². The lowest BCUT2D eigenvalue weighted by Gasteiger charge is -2.39. The average Bonchev–Trinajstić information content (AvgIpc) is 3.11. The molecule has 1 N–H and O–H groups in total. The van der Waals surface area contributed by atoms with Crippen molar-refractivity contribution >= 4 is 28.4 Å². The van der Waals surface area contributed by atoms with Crippen molar-refractivity contribution in [2.75, 3.05) is 18.0 Å².